The molecular weight excluding hydrogens is 448 g/mol. The van der Waals surface area contributed by atoms with Crippen molar-refractivity contribution in [3.05, 3.63) is 22.8 Å². The van der Waals surface area contributed by atoms with Crippen LogP contribution < -0.4 is 0 Å². The van der Waals surface area contributed by atoms with Gasteiger partial charge in [0.15, 0.2) is 0 Å². The Bertz CT molecular complexity index is 988. The molecule has 1 aliphatic heterocycles. The number of hydrogen-bond acceptors (Lipinski definition) is 4. The molecule has 5 rings (SSSR count). The molecule has 3 fully saturated rings. The molecular formula is C32H50O4. The molecule has 0 amide bonds. The van der Waals surface area contributed by atoms with Gasteiger partial charge in [-0.1, -0.05) is 64.3 Å². The summed E-state index contributed by atoms with van der Waals surface area (Å²) in [6.45, 7) is 20.2. The molecule has 0 aromatic carbocycles. The molecule has 5 aliphatic rings. The predicted octanol–water partition coefficient (Wildman–Crippen LogP) is 7.01. The largest absolute Gasteiger partial charge is 0.459 e. The summed E-state index contributed by atoms with van der Waals surface area (Å²) in [5, 5.41) is 10.9. The van der Waals surface area contributed by atoms with Gasteiger partial charge in [-0.15, -0.1) is 0 Å². The van der Waals surface area contributed by atoms with Crippen molar-refractivity contribution in [2.24, 2.45) is 39.4 Å². The van der Waals surface area contributed by atoms with E-state index in [1.165, 1.54) is 25.3 Å². The number of fused-ring (bicyclic) bond motifs is 6. The third-order valence-electron chi connectivity index (χ3n) is 12.3. The zero-order chi connectivity index (χ0) is 26.4. The fourth-order valence-electron chi connectivity index (χ4n) is 10.4. The number of esters is 1. The predicted molar refractivity (Wildman–Crippen MR) is 143 cm³/mol. The summed E-state index contributed by atoms with van der Waals surface area (Å²) in [5.74, 6) is 0.944. The van der Waals surface area contributed by atoms with Crippen LogP contribution >= 0.6 is 0 Å². The lowest BCUT2D eigenvalue weighted by Gasteiger charge is -2.62. The van der Waals surface area contributed by atoms with Crippen molar-refractivity contribution >= 4 is 5.97 Å². The van der Waals surface area contributed by atoms with Gasteiger partial charge in [-0.25, -0.2) is 0 Å². The van der Waals surface area contributed by atoms with Crippen molar-refractivity contribution in [3.8, 4) is 0 Å². The van der Waals surface area contributed by atoms with Crippen molar-refractivity contribution in [1.29, 1.82) is 0 Å². The summed E-state index contributed by atoms with van der Waals surface area (Å²) >= 11 is 0. The maximum absolute atomic E-state index is 12.1. The lowest BCUT2D eigenvalue weighted by atomic mass is 9.43. The molecule has 0 aromatic heterocycles. The number of hydrogen-bond donors (Lipinski definition) is 1. The number of ether oxygens (including phenoxy) is 2. The van der Waals surface area contributed by atoms with E-state index in [4.69, 9.17) is 9.47 Å². The van der Waals surface area contributed by atoms with Crippen LogP contribution in [0.3, 0.4) is 0 Å². The van der Waals surface area contributed by atoms with E-state index < -0.39 is 0 Å². The number of carbonyl (C=O) groups is 1. The van der Waals surface area contributed by atoms with Gasteiger partial charge < -0.3 is 14.6 Å². The Balaban J connectivity index is 1.56. The first-order valence-electron chi connectivity index (χ1n) is 14.6. The highest BCUT2D eigenvalue weighted by molar-refractivity contribution is 5.66. The average molecular weight is 499 g/mol. The van der Waals surface area contributed by atoms with Gasteiger partial charge in [-0.3, -0.25) is 4.79 Å². The van der Waals surface area contributed by atoms with Gasteiger partial charge in [0.05, 0.1) is 12.2 Å². The summed E-state index contributed by atoms with van der Waals surface area (Å²) < 4.78 is 12.8. The van der Waals surface area contributed by atoms with Crippen LogP contribution in [0, 0.1) is 39.4 Å². The van der Waals surface area contributed by atoms with Crippen LogP contribution in [0.25, 0.3) is 0 Å². The maximum atomic E-state index is 12.1. The Morgan fingerprint density at radius 1 is 1.03 bits per heavy atom. The van der Waals surface area contributed by atoms with E-state index in [0.29, 0.717) is 11.8 Å². The first-order chi connectivity index (χ1) is 16.7. The molecule has 2 saturated carbocycles. The minimum Gasteiger partial charge on any atom is -0.459 e. The summed E-state index contributed by atoms with van der Waals surface area (Å²) in [4.78, 5) is 12.1. The summed E-state index contributed by atoms with van der Waals surface area (Å²) in [6, 6.07) is 0. The van der Waals surface area contributed by atoms with Crippen LogP contribution in [0.2, 0.25) is 0 Å². The summed E-state index contributed by atoms with van der Waals surface area (Å²) in [6.07, 6.45) is 9.46. The Hall–Kier alpha value is -1.13. The SMILES string of the molecule is CC(=O)O[C@@H]1[C@@H](C)[C@H]2[C@@H](C[C@@]3(C)C4=C(CC[C@]23C)[C@@]2(C)CC[C@H](O)C(C)(C)[C@@H]2CC4)O[C@H]1C=C(C)C. The van der Waals surface area contributed by atoms with Crippen LogP contribution in [0.15, 0.2) is 22.8 Å². The van der Waals surface area contributed by atoms with E-state index in [2.05, 4.69) is 61.5 Å². The average Bonchev–Trinajstić information content (AvgIpc) is 3.00. The van der Waals surface area contributed by atoms with Crippen molar-refractivity contribution < 1.29 is 19.4 Å². The lowest BCUT2D eigenvalue weighted by Crippen LogP contribution is -2.56. The van der Waals surface area contributed by atoms with Gasteiger partial charge in [-0.05, 0) is 92.3 Å². The zero-order valence-corrected chi connectivity index (χ0v) is 24.2. The third kappa shape index (κ3) is 3.49. The molecule has 0 unspecified atom stereocenters. The van der Waals surface area contributed by atoms with Crippen molar-refractivity contribution in [3.63, 3.8) is 0 Å². The Morgan fingerprint density at radius 3 is 2.36 bits per heavy atom. The highest BCUT2D eigenvalue weighted by atomic mass is 16.6. The number of carbonyl (C=O) groups excluding carboxylic acids is 1. The van der Waals surface area contributed by atoms with Gasteiger partial charge in [-0.2, -0.15) is 0 Å². The van der Waals surface area contributed by atoms with Crippen LogP contribution in [-0.4, -0.2) is 35.5 Å². The summed E-state index contributed by atoms with van der Waals surface area (Å²) in [5.41, 5.74) is 5.01. The quantitative estimate of drug-likeness (QED) is 0.329. The fraction of sp³-hybridized carbons (Fsp3) is 0.844. The van der Waals surface area contributed by atoms with Gasteiger partial charge in [0.2, 0.25) is 0 Å². The van der Waals surface area contributed by atoms with Crippen LogP contribution in [-0.2, 0) is 14.3 Å². The molecule has 1 saturated heterocycles. The van der Waals surface area contributed by atoms with E-state index >= 15 is 0 Å². The Labute approximate surface area is 219 Å². The Morgan fingerprint density at radius 2 is 1.72 bits per heavy atom. The molecule has 4 heteroatoms. The smallest absolute Gasteiger partial charge is 0.303 e. The minimum atomic E-state index is -0.234. The van der Waals surface area contributed by atoms with Crippen LogP contribution in [0.1, 0.15) is 107 Å². The second-order valence-electron chi connectivity index (χ2n) is 14.6. The molecule has 0 bridgehead atoms. The van der Waals surface area contributed by atoms with E-state index in [0.717, 1.165) is 32.1 Å². The molecule has 4 aliphatic carbocycles. The van der Waals surface area contributed by atoms with Crippen molar-refractivity contribution in [1.82, 2.24) is 0 Å². The topological polar surface area (TPSA) is 55.8 Å². The standard InChI is InChI=1S/C32H50O4/c1-18(2)16-23-28(35-20(4)33)19(3)27-24(36-23)17-32(9)22-10-11-25-29(5,6)26(34)13-14-30(25,7)21(22)12-15-31(27,32)8/h16,19,23-28,34H,10-15,17H2,1-9H3/t19-,23-,24+,25-,26-,27-,28+,30+,31+,32-/m0/s1. The zero-order valence-electron chi connectivity index (χ0n) is 24.2. The summed E-state index contributed by atoms with van der Waals surface area (Å²) in [7, 11) is 0. The minimum absolute atomic E-state index is 0.0384. The number of aliphatic hydroxyl groups is 1. The number of rotatable bonds is 2. The van der Waals surface area contributed by atoms with Crippen molar-refractivity contribution in [2.75, 3.05) is 0 Å². The van der Waals surface area contributed by atoms with Crippen LogP contribution in [0.5, 0.6) is 0 Å². The molecule has 0 spiro atoms. The highest BCUT2D eigenvalue weighted by Gasteiger charge is 2.68. The molecule has 36 heavy (non-hydrogen) atoms. The lowest BCUT2D eigenvalue weighted by molar-refractivity contribution is -0.191. The molecule has 4 nitrogen and oxygen atoms in total. The van der Waals surface area contributed by atoms with Gasteiger partial charge >= 0.3 is 5.97 Å². The fourth-order valence-corrected chi connectivity index (χ4v) is 10.4. The molecule has 1 heterocycles. The van der Waals surface area contributed by atoms with Crippen LogP contribution in [0.4, 0.5) is 0 Å². The number of allylic oxidation sites excluding steroid dienone is 3. The van der Waals surface area contributed by atoms with Gasteiger partial charge in [0, 0.05) is 12.8 Å². The molecule has 0 aromatic rings. The second kappa shape index (κ2) is 8.43. The molecule has 1 N–H and O–H groups in total. The van der Waals surface area contributed by atoms with Gasteiger partial charge in [0.25, 0.3) is 0 Å². The second-order valence-corrected chi connectivity index (χ2v) is 14.6. The first kappa shape index (κ1) is 26.5. The third-order valence-corrected chi connectivity index (χ3v) is 12.3. The number of aliphatic hydroxyl groups excluding tert-OH is 1. The highest BCUT2D eigenvalue weighted by Crippen LogP contribution is 2.73. The van der Waals surface area contributed by atoms with E-state index in [1.54, 1.807) is 11.1 Å². The molecule has 10 atom stereocenters. The molecule has 202 valence electrons. The van der Waals surface area contributed by atoms with Gasteiger partial charge in [0.1, 0.15) is 12.2 Å². The normalized spacial score (nSPS) is 49.3. The van der Waals surface area contributed by atoms with Crippen molar-refractivity contribution in [2.45, 2.75) is 132 Å². The monoisotopic (exact) mass is 498 g/mol. The van der Waals surface area contributed by atoms with E-state index in [9.17, 15) is 9.90 Å². The first-order valence-corrected chi connectivity index (χ1v) is 14.6. The van der Waals surface area contributed by atoms with E-state index in [-0.39, 0.29) is 58.0 Å². The Kier molecular flexibility index (Phi) is 6.20. The molecule has 0 radical (unpaired) electrons. The van der Waals surface area contributed by atoms with E-state index in [1.807, 2.05) is 0 Å². The maximum Gasteiger partial charge on any atom is 0.303 e.